The number of nitriles is 1. The van der Waals surface area contributed by atoms with E-state index in [1.54, 1.807) is 6.92 Å². The molecule has 2 unspecified atom stereocenters. The molecule has 1 aliphatic carbocycles. The van der Waals surface area contributed by atoms with E-state index < -0.39 is 5.54 Å². The zero-order valence-electron chi connectivity index (χ0n) is 11.3. The second-order valence-corrected chi connectivity index (χ2v) is 5.58. The van der Waals surface area contributed by atoms with Crippen LogP contribution in [0, 0.1) is 17.2 Å². The van der Waals surface area contributed by atoms with E-state index in [1.807, 2.05) is 0 Å². The van der Waals surface area contributed by atoms with Crippen LogP contribution >= 0.6 is 0 Å². The Morgan fingerprint density at radius 2 is 2.24 bits per heavy atom. The van der Waals surface area contributed by atoms with Crippen molar-refractivity contribution in [2.24, 2.45) is 11.7 Å². The Balaban J connectivity index is 2.12. The molecule has 0 radical (unpaired) electrons. The molecule has 1 aliphatic rings. The highest BCUT2D eigenvalue weighted by Crippen LogP contribution is 2.28. The fourth-order valence-corrected chi connectivity index (χ4v) is 1.78. The molecule has 1 saturated carbocycles. The predicted molar refractivity (Wildman–Crippen MR) is 68.5 cm³/mol. The summed E-state index contributed by atoms with van der Waals surface area (Å²) in [7, 11) is 2.05. The van der Waals surface area contributed by atoms with E-state index in [0.717, 1.165) is 25.7 Å². The van der Waals surface area contributed by atoms with Crippen LogP contribution in [0.5, 0.6) is 0 Å². The topological polar surface area (TPSA) is 62.3 Å². The average molecular weight is 239 g/mol. The highest BCUT2D eigenvalue weighted by molar-refractivity contribution is 5.02. The highest BCUT2D eigenvalue weighted by Gasteiger charge is 2.23. The fraction of sp³-hybridized carbons (Fsp3) is 0.923. The molecule has 2 N–H and O–H groups in total. The Morgan fingerprint density at radius 3 is 2.76 bits per heavy atom. The molecule has 4 nitrogen and oxygen atoms in total. The van der Waals surface area contributed by atoms with Gasteiger partial charge in [-0.1, -0.05) is 0 Å². The van der Waals surface area contributed by atoms with Gasteiger partial charge < -0.3 is 15.4 Å². The van der Waals surface area contributed by atoms with Crippen molar-refractivity contribution in [3.8, 4) is 6.07 Å². The first kappa shape index (κ1) is 14.4. The minimum Gasteiger partial charge on any atom is -0.380 e. The molecule has 0 spiro atoms. The standard InChI is InChI=1S/C13H25N3O/c1-11(8-13(2,15)10-14)16(3)6-7-17-9-12-4-5-12/h11-12H,4-9,15H2,1-3H3. The summed E-state index contributed by atoms with van der Waals surface area (Å²) in [6.45, 7) is 6.46. The Hall–Kier alpha value is -0.630. The van der Waals surface area contributed by atoms with E-state index in [2.05, 4.69) is 24.9 Å². The van der Waals surface area contributed by atoms with Crippen molar-refractivity contribution in [3.05, 3.63) is 0 Å². The first-order valence-corrected chi connectivity index (χ1v) is 6.43. The zero-order chi connectivity index (χ0) is 12.9. The van der Waals surface area contributed by atoms with E-state index in [0.29, 0.717) is 12.5 Å². The summed E-state index contributed by atoms with van der Waals surface area (Å²) in [4.78, 5) is 2.20. The summed E-state index contributed by atoms with van der Waals surface area (Å²) in [5.74, 6) is 0.823. The van der Waals surface area contributed by atoms with Crippen LogP contribution in [0.15, 0.2) is 0 Å². The monoisotopic (exact) mass is 239 g/mol. The molecule has 1 rings (SSSR count). The van der Waals surface area contributed by atoms with Crippen LogP contribution in [0.3, 0.4) is 0 Å². The highest BCUT2D eigenvalue weighted by atomic mass is 16.5. The smallest absolute Gasteiger partial charge is 0.102 e. The van der Waals surface area contributed by atoms with Gasteiger partial charge in [-0.25, -0.2) is 0 Å². The van der Waals surface area contributed by atoms with Gasteiger partial charge in [0.05, 0.1) is 12.7 Å². The maximum absolute atomic E-state index is 8.89. The number of likely N-dealkylation sites (N-methyl/N-ethyl adjacent to an activating group) is 1. The molecule has 1 fully saturated rings. The summed E-state index contributed by atoms with van der Waals surface area (Å²) in [5.41, 5.74) is 5.10. The molecular formula is C13H25N3O. The van der Waals surface area contributed by atoms with Crippen molar-refractivity contribution in [3.63, 3.8) is 0 Å². The van der Waals surface area contributed by atoms with Crippen LogP contribution in [-0.4, -0.2) is 43.3 Å². The van der Waals surface area contributed by atoms with Crippen molar-refractivity contribution in [1.82, 2.24) is 4.90 Å². The molecule has 0 aliphatic heterocycles. The van der Waals surface area contributed by atoms with E-state index in [4.69, 9.17) is 15.7 Å². The number of hydrogen-bond acceptors (Lipinski definition) is 4. The number of ether oxygens (including phenoxy) is 1. The van der Waals surface area contributed by atoms with Crippen molar-refractivity contribution >= 4 is 0 Å². The van der Waals surface area contributed by atoms with E-state index >= 15 is 0 Å². The SMILES string of the molecule is CC(CC(C)(N)C#N)N(C)CCOCC1CC1. The molecule has 2 atom stereocenters. The summed E-state index contributed by atoms with van der Waals surface area (Å²) in [5, 5.41) is 8.89. The molecule has 4 heteroatoms. The van der Waals surface area contributed by atoms with Crippen molar-refractivity contribution in [2.45, 2.75) is 44.7 Å². The third-order valence-electron chi connectivity index (χ3n) is 3.37. The van der Waals surface area contributed by atoms with Gasteiger partial charge in [0.2, 0.25) is 0 Å². The minimum absolute atomic E-state index is 0.300. The maximum atomic E-state index is 8.89. The van der Waals surface area contributed by atoms with Gasteiger partial charge in [0, 0.05) is 19.2 Å². The molecule has 0 aromatic carbocycles. The molecule has 0 saturated heterocycles. The van der Waals surface area contributed by atoms with Gasteiger partial charge in [0.15, 0.2) is 0 Å². The van der Waals surface area contributed by atoms with Crippen LogP contribution in [0.4, 0.5) is 0 Å². The van der Waals surface area contributed by atoms with Gasteiger partial charge in [0.25, 0.3) is 0 Å². The summed E-state index contributed by atoms with van der Waals surface area (Å²) < 4.78 is 5.60. The van der Waals surface area contributed by atoms with Gasteiger partial charge in [-0.15, -0.1) is 0 Å². The lowest BCUT2D eigenvalue weighted by Gasteiger charge is -2.28. The molecule has 0 heterocycles. The van der Waals surface area contributed by atoms with E-state index in [1.165, 1.54) is 12.8 Å². The van der Waals surface area contributed by atoms with E-state index in [-0.39, 0.29) is 0 Å². The summed E-state index contributed by atoms with van der Waals surface area (Å²) >= 11 is 0. The first-order chi connectivity index (χ1) is 7.94. The maximum Gasteiger partial charge on any atom is 0.102 e. The van der Waals surface area contributed by atoms with Gasteiger partial charge in [-0.05, 0) is 46.1 Å². The summed E-state index contributed by atoms with van der Waals surface area (Å²) in [6, 6.07) is 2.44. The third-order valence-corrected chi connectivity index (χ3v) is 3.37. The first-order valence-electron chi connectivity index (χ1n) is 6.43. The Morgan fingerprint density at radius 1 is 1.59 bits per heavy atom. The lowest BCUT2D eigenvalue weighted by molar-refractivity contribution is 0.0903. The van der Waals surface area contributed by atoms with Crippen molar-refractivity contribution < 1.29 is 4.74 Å². The van der Waals surface area contributed by atoms with Crippen LogP contribution in [-0.2, 0) is 4.74 Å². The van der Waals surface area contributed by atoms with E-state index in [9.17, 15) is 0 Å². The normalized spacial score (nSPS) is 20.9. The zero-order valence-corrected chi connectivity index (χ0v) is 11.3. The van der Waals surface area contributed by atoms with Crippen molar-refractivity contribution in [1.29, 1.82) is 5.26 Å². The Bertz CT molecular complexity index is 268. The van der Waals surface area contributed by atoms with Crippen molar-refractivity contribution in [2.75, 3.05) is 26.8 Å². The number of nitrogens with two attached hydrogens (primary N) is 1. The predicted octanol–water partition coefficient (Wildman–Crippen LogP) is 1.36. The molecule has 0 amide bonds. The second kappa shape index (κ2) is 6.34. The summed E-state index contributed by atoms with van der Waals surface area (Å²) in [6.07, 6.45) is 3.35. The number of rotatable bonds is 8. The number of nitrogens with zero attached hydrogens (tertiary/aromatic N) is 2. The molecule has 0 aromatic heterocycles. The van der Waals surface area contributed by atoms with Crippen LogP contribution in [0.2, 0.25) is 0 Å². The van der Waals surface area contributed by atoms with Crippen LogP contribution < -0.4 is 5.73 Å². The lowest BCUT2D eigenvalue weighted by atomic mass is 9.96. The van der Waals surface area contributed by atoms with Gasteiger partial charge in [-0.2, -0.15) is 5.26 Å². The molecule has 0 bridgehead atoms. The Labute approximate surface area is 105 Å². The molecule has 17 heavy (non-hydrogen) atoms. The molecular weight excluding hydrogens is 214 g/mol. The largest absolute Gasteiger partial charge is 0.380 e. The lowest BCUT2D eigenvalue weighted by Crippen LogP contribution is -2.43. The average Bonchev–Trinajstić information content (AvgIpc) is 3.07. The molecule has 98 valence electrons. The third kappa shape index (κ3) is 6.02. The Kier molecular flexibility index (Phi) is 5.38. The second-order valence-electron chi connectivity index (χ2n) is 5.58. The van der Waals surface area contributed by atoms with Gasteiger partial charge >= 0.3 is 0 Å². The van der Waals surface area contributed by atoms with Gasteiger partial charge in [0.1, 0.15) is 5.54 Å². The number of hydrogen-bond donors (Lipinski definition) is 1. The van der Waals surface area contributed by atoms with Crippen LogP contribution in [0.25, 0.3) is 0 Å². The van der Waals surface area contributed by atoms with Gasteiger partial charge in [-0.3, -0.25) is 0 Å². The molecule has 0 aromatic rings. The van der Waals surface area contributed by atoms with Crippen LogP contribution in [0.1, 0.15) is 33.1 Å². The quantitative estimate of drug-likeness (QED) is 0.650. The fourth-order valence-electron chi connectivity index (χ4n) is 1.78. The minimum atomic E-state index is -0.734.